The third-order valence-electron chi connectivity index (χ3n) is 2.91. The fourth-order valence-electron chi connectivity index (χ4n) is 1.83. The molecule has 1 aliphatic heterocycles. The van der Waals surface area contributed by atoms with E-state index in [9.17, 15) is 4.79 Å². The Morgan fingerprint density at radius 1 is 1.58 bits per heavy atom. The smallest absolute Gasteiger partial charge is 0.269 e. The predicted molar refractivity (Wildman–Crippen MR) is 77.9 cm³/mol. The van der Waals surface area contributed by atoms with E-state index in [4.69, 9.17) is 5.73 Å². The second-order valence-electron chi connectivity index (χ2n) is 4.38. The zero-order chi connectivity index (χ0) is 13.5. The van der Waals surface area contributed by atoms with Crippen molar-refractivity contribution in [3.8, 4) is 11.8 Å². The molecule has 1 atom stereocenters. The van der Waals surface area contributed by atoms with E-state index in [2.05, 4.69) is 22.1 Å². The number of aromatic nitrogens is 1. The molecule has 0 aliphatic carbocycles. The van der Waals surface area contributed by atoms with Crippen molar-refractivity contribution in [1.29, 1.82) is 0 Å². The summed E-state index contributed by atoms with van der Waals surface area (Å²) in [4.78, 5) is 16.0. The number of carbonyl (C=O) groups excluding carboxylic acids is 1. The topological polar surface area (TPSA) is 68.0 Å². The van der Waals surface area contributed by atoms with Gasteiger partial charge in [-0.25, -0.2) is 4.98 Å². The van der Waals surface area contributed by atoms with Crippen molar-refractivity contribution >= 4 is 17.7 Å². The van der Waals surface area contributed by atoms with E-state index in [0.717, 1.165) is 17.9 Å². The number of hydrogen-bond donors (Lipinski definition) is 2. The molecule has 0 saturated carbocycles. The minimum Gasteiger partial charge on any atom is -0.350 e. The number of thioether (sulfide) groups is 1. The van der Waals surface area contributed by atoms with Crippen LogP contribution >= 0.6 is 11.8 Å². The van der Waals surface area contributed by atoms with Crippen LogP contribution in [0.5, 0.6) is 0 Å². The highest BCUT2D eigenvalue weighted by atomic mass is 32.2. The Labute approximate surface area is 117 Å². The van der Waals surface area contributed by atoms with Gasteiger partial charge in [0.25, 0.3) is 5.91 Å². The molecule has 1 fully saturated rings. The van der Waals surface area contributed by atoms with Crippen molar-refractivity contribution < 1.29 is 4.79 Å². The number of nitrogens with one attached hydrogen (secondary N) is 1. The van der Waals surface area contributed by atoms with Crippen LogP contribution in [0.3, 0.4) is 0 Å². The number of nitrogens with zero attached hydrogens (tertiary/aromatic N) is 1. The van der Waals surface area contributed by atoms with Gasteiger partial charge in [0.15, 0.2) is 0 Å². The van der Waals surface area contributed by atoms with Crippen molar-refractivity contribution in [3.05, 3.63) is 29.6 Å². The van der Waals surface area contributed by atoms with Crippen molar-refractivity contribution in [3.63, 3.8) is 0 Å². The first-order chi connectivity index (χ1) is 9.29. The van der Waals surface area contributed by atoms with E-state index in [1.54, 1.807) is 18.3 Å². The van der Waals surface area contributed by atoms with Crippen LogP contribution in [0.2, 0.25) is 0 Å². The van der Waals surface area contributed by atoms with E-state index in [1.165, 1.54) is 12.2 Å². The molecule has 2 rings (SSSR count). The third kappa shape index (κ3) is 4.27. The molecule has 19 heavy (non-hydrogen) atoms. The van der Waals surface area contributed by atoms with Crippen LogP contribution in [-0.2, 0) is 0 Å². The molecule has 3 N–H and O–H groups in total. The number of amides is 1. The summed E-state index contributed by atoms with van der Waals surface area (Å²) >= 11 is 1.95. The Kier molecular flexibility index (Phi) is 5.25. The molecule has 1 aromatic heterocycles. The summed E-state index contributed by atoms with van der Waals surface area (Å²) in [5.74, 6) is 8.45. The standard InChI is InChI=1S/C14H17N3OS/c15-6-1-2-11-3-4-13(16-8-11)14(18)17-9-12-5-7-19-10-12/h3-4,8,12H,5-7,9-10,15H2,(H,17,18). The molecule has 1 amide bonds. The summed E-state index contributed by atoms with van der Waals surface area (Å²) in [5, 5.41) is 2.93. The average molecular weight is 275 g/mol. The maximum Gasteiger partial charge on any atom is 0.269 e. The lowest BCUT2D eigenvalue weighted by Crippen LogP contribution is -2.29. The van der Waals surface area contributed by atoms with E-state index >= 15 is 0 Å². The van der Waals surface area contributed by atoms with Gasteiger partial charge in [-0.15, -0.1) is 0 Å². The van der Waals surface area contributed by atoms with Gasteiger partial charge >= 0.3 is 0 Å². The maximum atomic E-state index is 11.9. The average Bonchev–Trinajstić information content (AvgIpc) is 2.96. The van der Waals surface area contributed by atoms with Crippen molar-refractivity contribution in [2.45, 2.75) is 6.42 Å². The van der Waals surface area contributed by atoms with E-state index in [-0.39, 0.29) is 5.91 Å². The summed E-state index contributed by atoms with van der Waals surface area (Å²) in [5.41, 5.74) is 6.50. The van der Waals surface area contributed by atoms with Crippen molar-refractivity contribution in [2.24, 2.45) is 11.7 Å². The van der Waals surface area contributed by atoms with Gasteiger partial charge in [0.2, 0.25) is 0 Å². The largest absolute Gasteiger partial charge is 0.350 e. The van der Waals surface area contributed by atoms with Crippen molar-refractivity contribution in [1.82, 2.24) is 10.3 Å². The molecule has 1 saturated heterocycles. The number of nitrogens with two attached hydrogens (primary N) is 1. The molecule has 0 aromatic carbocycles. The minimum atomic E-state index is -0.116. The summed E-state index contributed by atoms with van der Waals surface area (Å²) in [6.07, 6.45) is 2.79. The van der Waals surface area contributed by atoms with Crippen LogP contribution in [0.4, 0.5) is 0 Å². The monoisotopic (exact) mass is 275 g/mol. The Balaban J connectivity index is 1.88. The van der Waals surface area contributed by atoms with Gasteiger partial charge in [0.05, 0.1) is 6.54 Å². The van der Waals surface area contributed by atoms with E-state index in [0.29, 0.717) is 18.2 Å². The Morgan fingerprint density at radius 2 is 2.47 bits per heavy atom. The fraction of sp³-hybridized carbons (Fsp3) is 0.429. The quantitative estimate of drug-likeness (QED) is 0.803. The second kappa shape index (κ2) is 7.17. The zero-order valence-corrected chi connectivity index (χ0v) is 11.5. The van der Waals surface area contributed by atoms with Gasteiger partial charge in [-0.3, -0.25) is 4.79 Å². The molecular weight excluding hydrogens is 258 g/mol. The Bertz CT molecular complexity index is 484. The van der Waals surface area contributed by atoms with Crippen LogP contribution in [-0.4, -0.2) is 35.5 Å². The number of carbonyl (C=O) groups is 1. The van der Waals surface area contributed by atoms with E-state index in [1.807, 2.05) is 11.8 Å². The summed E-state index contributed by atoms with van der Waals surface area (Å²) in [6.45, 7) is 1.06. The molecule has 1 unspecified atom stereocenters. The molecule has 0 spiro atoms. The van der Waals surface area contributed by atoms with Gasteiger partial charge in [0.1, 0.15) is 5.69 Å². The molecule has 2 heterocycles. The first-order valence-electron chi connectivity index (χ1n) is 6.30. The van der Waals surface area contributed by atoms with Gasteiger partial charge in [-0.2, -0.15) is 11.8 Å². The minimum absolute atomic E-state index is 0.116. The zero-order valence-electron chi connectivity index (χ0n) is 10.7. The summed E-state index contributed by atoms with van der Waals surface area (Å²) in [6, 6.07) is 3.48. The van der Waals surface area contributed by atoms with Crippen LogP contribution in [0.1, 0.15) is 22.5 Å². The van der Waals surface area contributed by atoms with E-state index < -0.39 is 0 Å². The van der Waals surface area contributed by atoms with Crippen LogP contribution in [0, 0.1) is 17.8 Å². The molecule has 0 radical (unpaired) electrons. The molecule has 5 heteroatoms. The Morgan fingerprint density at radius 3 is 3.11 bits per heavy atom. The lowest BCUT2D eigenvalue weighted by atomic mass is 10.1. The molecule has 1 aliphatic rings. The first kappa shape index (κ1) is 13.9. The molecular formula is C14H17N3OS. The first-order valence-corrected chi connectivity index (χ1v) is 7.46. The van der Waals surface area contributed by atoms with Crippen molar-refractivity contribution in [2.75, 3.05) is 24.6 Å². The highest BCUT2D eigenvalue weighted by molar-refractivity contribution is 7.99. The summed E-state index contributed by atoms with van der Waals surface area (Å²) in [7, 11) is 0. The van der Waals surface area contributed by atoms with Gasteiger partial charge < -0.3 is 11.1 Å². The van der Waals surface area contributed by atoms with Gasteiger partial charge in [0, 0.05) is 18.3 Å². The van der Waals surface area contributed by atoms with Crippen LogP contribution in [0.25, 0.3) is 0 Å². The number of pyridine rings is 1. The number of hydrogen-bond acceptors (Lipinski definition) is 4. The number of rotatable bonds is 3. The lowest BCUT2D eigenvalue weighted by Gasteiger charge is -2.09. The van der Waals surface area contributed by atoms with Crippen LogP contribution < -0.4 is 11.1 Å². The predicted octanol–water partition coefficient (Wildman–Crippen LogP) is 0.875. The lowest BCUT2D eigenvalue weighted by molar-refractivity contribution is 0.0943. The molecule has 1 aromatic rings. The second-order valence-corrected chi connectivity index (χ2v) is 5.53. The normalized spacial score (nSPS) is 17.6. The SMILES string of the molecule is NCC#Cc1ccc(C(=O)NCC2CCSC2)nc1. The van der Waals surface area contributed by atoms with Gasteiger partial charge in [-0.05, 0) is 36.0 Å². The summed E-state index contributed by atoms with van der Waals surface area (Å²) < 4.78 is 0. The maximum absolute atomic E-state index is 11.9. The molecule has 4 nitrogen and oxygen atoms in total. The highest BCUT2D eigenvalue weighted by Gasteiger charge is 2.16. The molecule has 100 valence electrons. The third-order valence-corrected chi connectivity index (χ3v) is 4.14. The van der Waals surface area contributed by atoms with Crippen LogP contribution in [0.15, 0.2) is 18.3 Å². The highest BCUT2D eigenvalue weighted by Crippen LogP contribution is 2.22. The Hall–Kier alpha value is -1.51. The fourth-order valence-corrected chi connectivity index (χ4v) is 3.11. The van der Waals surface area contributed by atoms with Gasteiger partial charge in [-0.1, -0.05) is 11.8 Å². The molecule has 0 bridgehead atoms.